The van der Waals surface area contributed by atoms with Crippen LogP contribution in [-0.4, -0.2) is 18.5 Å². The van der Waals surface area contributed by atoms with Crippen molar-refractivity contribution in [3.63, 3.8) is 0 Å². The van der Waals surface area contributed by atoms with Gasteiger partial charge < -0.3 is 5.32 Å². The number of rotatable bonds is 5. The van der Waals surface area contributed by atoms with Crippen molar-refractivity contribution >= 4 is 0 Å². The first-order chi connectivity index (χ1) is 8.23. The van der Waals surface area contributed by atoms with Crippen molar-refractivity contribution in [2.75, 3.05) is 6.54 Å². The summed E-state index contributed by atoms with van der Waals surface area (Å²) in [4.78, 5) is 0. The lowest BCUT2D eigenvalue weighted by atomic mass is 9.78. The lowest BCUT2D eigenvalue weighted by Crippen LogP contribution is -2.40. The van der Waals surface area contributed by atoms with Gasteiger partial charge in [-0.3, -0.25) is 0 Å². The predicted molar refractivity (Wildman–Crippen MR) is 73.1 cm³/mol. The molecule has 0 radical (unpaired) electrons. The van der Waals surface area contributed by atoms with Crippen LogP contribution >= 0.6 is 0 Å². The van der Waals surface area contributed by atoms with Crippen LogP contribution in [0.15, 0.2) is 0 Å². The number of nitrogens with one attached hydrogen (secondary N) is 1. The molecule has 0 amide bonds. The molecule has 1 rings (SSSR count). The van der Waals surface area contributed by atoms with Crippen molar-refractivity contribution in [2.45, 2.75) is 78.2 Å². The highest BCUT2D eigenvalue weighted by Gasteiger charge is 2.37. The molecule has 3 heteroatoms. The zero-order chi connectivity index (χ0) is 13.8. The molecule has 1 N–H and O–H groups in total. The molecule has 0 aromatic rings. The van der Waals surface area contributed by atoms with Gasteiger partial charge in [0.05, 0.1) is 0 Å². The Morgan fingerprint density at radius 2 is 1.78 bits per heavy atom. The molecule has 1 aliphatic rings. The number of hydrogen-bond donors (Lipinski definition) is 1. The third-order valence-corrected chi connectivity index (χ3v) is 4.00. The minimum absolute atomic E-state index is 0.0785. The van der Waals surface area contributed by atoms with Gasteiger partial charge in [-0.15, -0.1) is 0 Å². The number of alkyl halides is 2. The molecule has 108 valence electrons. The number of hydrogen-bond acceptors (Lipinski definition) is 1. The molecule has 18 heavy (non-hydrogen) atoms. The molecule has 0 aromatic carbocycles. The van der Waals surface area contributed by atoms with E-state index < -0.39 is 5.92 Å². The molecule has 1 unspecified atom stereocenters. The Kier molecular flexibility index (Phi) is 5.57. The maximum Gasteiger partial charge on any atom is 0.248 e. The zero-order valence-corrected chi connectivity index (χ0v) is 12.4. The third-order valence-electron chi connectivity index (χ3n) is 4.00. The molecule has 1 nitrogen and oxygen atoms in total. The van der Waals surface area contributed by atoms with Crippen LogP contribution < -0.4 is 5.32 Å². The highest BCUT2D eigenvalue weighted by molar-refractivity contribution is 4.85. The van der Waals surface area contributed by atoms with E-state index in [-0.39, 0.29) is 12.8 Å². The van der Waals surface area contributed by atoms with E-state index in [4.69, 9.17) is 0 Å². The Bertz CT molecular complexity index is 235. The molecule has 0 aromatic heterocycles. The summed E-state index contributed by atoms with van der Waals surface area (Å²) in [6.07, 6.45) is 3.76. The molecule has 1 fully saturated rings. The molecule has 1 atom stereocenters. The highest BCUT2D eigenvalue weighted by atomic mass is 19.3. The van der Waals surface area contributed by atoms with E-state index >= 15 is 0 Å². The Morgan fingerprint density at radius 3 is 2.22 bits per heavy atom. The smallest absolute Gasteiger partial charge is 0.248 e. The van der Waals surface area contributed by atoms with Crippen LogP contribution in [0.5, 0.6) is 0 Å². The van der Waals surface area contributed by atoms with Crippen molar-refractivity contribution in [1.82, 2.24) is 5.32 Å². The van der Waals surface area contributed by atoms with Gasteiger partial charge in [0.2, 0.25) is 5.92 Å². The average molecular weight is 261 g/mol. The maximum absolute atomic E-state index is 13.2. The molecule has 1 saturated carbocycles. The molecular weight excluding hydrogens is 232 g/mol. The Labute approximate surface area is 111 Å². The molecular formula is C15H29F2N. The summed E-state index contributed by atoms with van der Waals surface area (Å²) in [5, 5.41) is 3.51. The van der Waals surface area contributed by atoms with Gasteiger partial charge in [-0.25, -0.2) is 8.78 Å². The van der Waals surface area contributed by atoms with E-state index in [2.05, 4.69) is 33.0 Å². The summed E-state index contributed by atoms with van der Waals surface area (Å²) >= 11 is 0. The largest absolute Gasteiger partial charge is 0.314 e. The van der Waals surface area contributed by atoms with Gasteiger partial charge in [-0.2, -0.15) is 0 Å². The SMILES string of the molecule is CCNC(CCC(C)(C)C)C1CCC(F)(F)CC1. The lowest BCUT2D eigenvalue weighted by Gasteiger charge is -2.35. The Balaban J connectivity index is 2.47. The first-order valence-corrected chi connectivity index (χ1v) is 7.35. The van der Waals surface area contributed by atoms with Crippen LogP contribution in [0.1, 0.15) is 66.2 Å². The summed E-state index contributed by atoms with van der Waals surface area (Å²) in [6, 6.07) is 0.422. The molecule has 0 saturated heterocycles. The van der Waals surface area contributed by atoms with Crippen molar-refractivity contribution in [3.05, 3.63) is 0 Å². The van der Waals surface area contributed by atoms with E-state index in [1.807, 2.05) is 0 Å². The molecule has 0 heterocycles. The van der Waals surface area contributed by atoms with Gasteiger partial charge in [0, 0.05) is 18.9 Å². The van der Waals surface area contributed by atoms with Crippen molar-refractivity contribution in [3.8, 4) is 0 Å². The first kappa shape index (κ1) is 15.9. The summed E-state index contributed by atoms with van der Waals surface area (Å²) in [7, 11) is 0. The molecule has 0 spiro atoms. The minimum atomic E-state index is -2.41. The first-order valence-electron chi connectivity index (χ1n) is 7.35. The van der Waals surface area contributed by atoms with Gasteiger partial charge in [-0.05, 0) is 43.6 Å². The van der Waals surface area contributed by atoms with Crippen molar-refractivity contribution in [2.24, 2.45) is 11.3 Å². The number of halogens is 2. The Morgan fingerprint density at radius 1 is 1.22 bits per heavy atom. The molecule has 0 aliphatic heterocycles. The minimum Gasteiger partial charge on any atom is -0.314 e. The van der Waals surface area contributed by atoms with E-state index in [0.29, 0.717) is 30.2 Å². The van der Waals surface area contributed by atoms with E-state index in [9.17, 15) is 8.78 Å². The Hall–Kier alpha value is -0.180. The van der Waals surface area contributed by atoms with Crippen LogP contribution in [-0.2, 0) is 0 Å². The van der Waals surface area contributed by atoms with E-state index in [0.717, 1.165) is 19.4 Å². The highest BCUT2D eigenvalue weighted by Crippen LogP contribution is 2.38. The predicted octanol–water partition coefficient (Wildman–Crippen LogP) is 4.62. The fourth-order valence-corrected chi connectivity index (χ4v) is 2.82. The fourth-order valence-electron chi connectivity index (χ4n) is 2.82. The van der Waals surface area contributed by atoms with Crippen LogP contribution in [0, 0.1) is 11.3 Å². The second kappa shape index (κ2) is 6.31. The normalized spacial score (nSPS) is 23.0. The summed E-state index contributed by atoms with van der Waals surface area (Å²) in [5.74, 6) is -1.97. The second-order valence-electron chi connectivity index (χ2n) is 6.96. The van der Waals surface area contributed by atoms with Crippen molar-refractivity contribution < 1.29 is 8.78 Å². The van der Waals surface area contributed by atoms with Gasteiger partial charge in [-0.1, -0.05) is 27.7 Å². The van der Waals surface area contributed by atoms with Crippen LogP contribution in [0.3, 0.4) is 0 Å². The second-order valence-corrected chi connectivity index (χ2v) is 6.96. The monoisotopic (exact) mass is 261 g/mol. The average Bonchev–Trinajstić information content (AvgIpc) is 2.23. The molecule has 1 aliphatic carbocycles. The summed E-state index contributed by atoms with van der Waals surface area (Å²) < 4.78 is 26.4. The summed E-state index contributed by atoms with van der Waals surface area (Å²) in [5.41, 5.74) is 0.326. The third kappa shape index (κ3) is 5.64. The molecule has 0 bridgehead atoms. The van der Waals surface area contributed by atoms with Crippen LogP contribution in [0.2, 0.25) is 0 Å². The quantitative estimate of drug-likeness (QED) is 0.761. The van der Waals surface area contributed by atoms with Gasteiger partial charge in [0.25, 0.3) is 0 Å². The van der Waals surface area contributed by atoms with E-state index in [1.54, 1.807) is 0 Å². The van der Waals surface area contributed by atoms with Crippen LogP contribution in [0.25, 0.3) is 0 Å². The van der Waals surface area contributed by atoms with Gasteiger partial charge >= 0.3 is 0 Å². The standard InChI is InChI=1S/C15H29F2N/c1-5-18-13(8-9-14(2,3)4)12-6-10-15(16,17)11-7-12/h12-13,18H,5-11H2,1-4H3. The zero-order valence-electron chi connectivity index (χ0n) is 12.4. The summed E-state index contributed by atoms with van der Waals surface area (Å²) in [6.45, 7) is 9.75. The van der Waals surface area contributed by atoms with Crippen LogP contribution in [0.4, 0.5) is 8.78 Å². The van der Waals surface area contributed by atoms with Crippen molar-refractivity contribution in [1.29, 1.82) is 0 Å². The van der Waals surface area contributed by atoms with E-state index in [1.165, 1.54) is 0 Å². The maximum atomic E-state index is 13.2. The van der Waals surface area contributed by atoms with Gasteiger partial charge in [0.15, 0.2) is 0 Å². The van der Waals surface area contributed by atoms with Gasteiger partial charge in [0.1, 0.15) is 0 Å². The fraction of sp³-hybridized carbons (Fsp3) is 1.00. The topological polar surface area (TPSA) is 12.0 Å². The lowest BCUT2D eigenvalue weighted by molar-refractivity contribution is -0.0501.